The lowest BCUT2D eigenvalue weighted by Crippen LogP contribution is -2.49. The van der Waals surface area contributed by atoms with Crippen LogP contribution in [-0.4, -0.2) is 64.3 Å². The zero-order valence-corrected chi connectivity index (χ0v) is 15.8. The van der Waals surface area contributed by atoms with Gasteiger partial charge in [-0.25, -0.2) is 9.97 Å². The summed E-state index contributed by atoms with van der Waals surface area (Å²) in [6, 6.07) is 7.23. The van der Waals surface area contributed by atoms with Gasteiger partial charge in [0.2, 0.25) is 0 Å². The van der Waals surface area contributed by atoms with Crippen molar-refractivity contribution in [2.24, 2.45) is 0 Å². The number of anilines is 1. The van der Waals surface area contributed by atoms with Crippen LogP contribution in [0.4, 0.5) is 5.82 Å². The molecule has 27 heavy (non-hydrogen) atoms. The second-order valence-electron chi connectivity index (χ2n) is 6.71. The largest absolute Gasteiger partial charge is 0.335 e. The molecule has 1 saturated heterocycles. The maximum Gasteiger partial charge on any atom is 0.276 e. The number of hydrogen-bond donors (Lipinski definition) is 1. The molecular formula is C20H25N5O2. The molecule has 1 aliphatic rings. The molecule has 0 spiro atoms. The van der Waals surface area contributed by atoms with Crippen LogP contribution in [0.5, 0.6) is 0 Å². The third kappa shape index (κ3) is 4.68. The van der Waals surface area contributed by atoms with Gasteiger partial charge in [0.1, 0.15) is 0 Å². The van der Waals surface area contributed by atoms with Gasteiger partial charge in [0, 0.05) is 44.1 Å². The highest BCUT2D eigenvalue weighted by molar-refractivity contribution is 6.07. The summed E-state index contributed by atoms with van der Waals surface area (Å²) in [5.74, 6) is -0.306. The first-order chi connectivity index (χ1) is 13.1. The van der Waals surface area contributed by atoms with Crippen molar-refractivity contribution in [2.75, 3.05) is 38.0 Å². The van der Waals surface area contributed by atoms with Crippen LogP contribution in [-0.2, 0) is 0 Å². The van der Waals surface area contributed by atoms with E-state index in [1.54, 1.807) is 17.0 Å². The van der Waals surface area contributed by atoms with E-state index in [1.807, 2.05) is 19.1 Å². The predicted molar refractivity (Wildman–Crippen MR) is 104 cm³/mol. The Morgan fingerprint density at radius 1 is 1.04 bits per heavy atom. The normalized spacial score (nSPS) is 14.8. The number of nitrogens with one attached hydrogen (secondary N) is 1. The maximum atomic E-state index is 12.9. The summed E-state index contributed by atoms with van der Waals surface area (Å²) < 4.78 is 0. The fourth-order valence-electron chi connectivity index (χ4n) is 3.11. The Balaban J connectivity index is 1.71. The number of hydrogen-bond acceptors (Lipinski definition) is 5. The molecule has 0 aliphatic carbocycles. The van der Waals surface area contributed by atoms with Crippen molar-refractivity contribution < 1.29 is 9.59 Å². The van der Waals surface area contributed by atoms with Gasteiger partial charge in [-0.05, 0) is 32.0 Å². The fraction of sp³-hybridized carbons (Fsp3) is 0.400. The minimum absolute atomic E-state index is 0.182. The van der Waals surface area contributed by atoms with Gasteiger partial charge >= 0.3 is 0 Å². The third-order valence-electron chi connectivity index (χ3n) is 4.65. The second kappa shape index (κ2) is 8.73. The average Bonchev–Trinajstić information content (AvgIpc) is 2.69. The summed E-state index contributed by atoms with van der Waals surface area (Å²) in [7, 11) is 0. The zero-order chi connectivity index (χ0) is 19.2. The monoisotopic (exact) mass is 367 g/mol. The summed E-state index contributed by atoms with van der Waals surface area (Å²) in [5.41, 5.74) is 1.77. The molecule has 2 amide bonds. The van der Waals surface area contributed by atoms with E-state index in [0.29, 0.717) is 18.7 Å². The quantitative estimate of drug-likeness (QED) is 0.877. The van der Waals surface area contributed by atoms with Crippen LogP contribution < -0.4 is 5.32 Å². The Bertz CT molecular complexity index is 798. The average molecular weight is 367 g/mol. The first kappa shape index (κ1) is 19.0. The molecule has 0 unspecified atom stereocenters. The van der Waals surface area contributed by atoms with Gasteiger partial charge in [-0.2, -0.15) is 0 Å². The number of nitrogens with zero attached hydrogens (tertiary/aromatic N) is 4. The number of rotatable bonds is 5. The van der Waals surface area contributed by atoms with Crippen molar-refractivity contribution in [3.63, 3.8) is 0 Å². The molecular weight excluding hydrogens is 342 g/mol. The van der Waals surface area contributed by atoms with Crippen LogP contribution in [0.1, 0.15) is 39.8 Å². The molecule has 7 heteroatoms. The number of piperazine rings is 1. The van der Waals surface area contributed by atoms with Crippen molar-refractivity contribution in [2.45, 2.75) is 20.3 Å². The molecule has 1 aliphatic heterocycles. The Labute approximate surface area is 159 Å². The van der Waals surface area contributed by atoms with E-state index in [0.717, 1.165) is 31.6 Å². The molecule has 1 fully saturated rings. The topological polar surface area (TPSA) is 78.4 Å². The molecule has 2 aromatic rings. The van der Waals surface area contributed by atoms with Gasteiger partial charge < -0.3 is 10.2 Å². The predicted octanol–water partition coefficient (Wildman–Crippen LogP) is 2.21. The highest BCUT2D eigenvalue weighted by Crippen LogP contribution is 2.15. The van der Waals surface area contributed by atoms with Gasteiger partial charge in [0.15, 0.2) is 11.5 Å². The van der Waals surface area contributed by atoms with E-state index in [-0.39, 0.29) is 23.3 Å². The molecule has 3 rings (SSSR count). The zero-order valence-electron chi connectivity index (χ0n) is 15.8. The number of amides is 2. The number of aromatic nitrogens is 2. The lowest BCUT2D eigenvalue weighted by molar-refractivity contribution is 0.0632. The molecule has 0 radical (unpaired) electrons. The maximum absolute atomic E-state index is 12.9. The van der Waals surface area contributed by atoms with Crippen molar-refractivity contribution in [1.82, 2.24) is 19.8 Å². The molecule has 1 aromatic carbocycles. The minimum atomic E-state index is -0.308. The molecule has 0 bridgehead atoms. The Hall–Kier alpha value is -2.80. The van der Waals surface area contributed by atoms with Crippen LogP contribution >= 0.6 is 0 Å². The van der Waals surface area contributed by atoms with E-state index >= 15 is 0 Å². The Kier molecular flexibility index (Phi) is 6.13. The van der Waals surface area contributed by atoms with Crippen LogP contribution in [0.25, 0.3) is 0 Å². The van der Waals surface area contributed by atoms with Crippen LogP contribution in [0.3, 0.4) is 0 Å². The molecule has 1 aromatic heterocycles. The van der Waals surface area contributed by atoms with Crippen molar-refractivity contribution in [3.05, 3.63) is 53.5 Å². The van der Waals surface area contributed by atoms with E-state index < -0.39 is 0 Å². The fourth-order valence-corrected chi connectivity index (χ4v) is 3.11. The third-order valence-corrected chi connectivity index (χ3v) is 4.65. The van der Waals surface area contributed by atoms with E-state index in [1.165, 1.54) is 12.4 Å². The first-order valence-electron chi connectivity index (χ1n) is 9.29. The number of carbonyl (C=O) groups is 2. The molecule has 142 valence electrons. The summed E-state index contributed by atoms with van der Waals surface area (Å²) >= 11 is 0. The van der Waals surface area contributed by atoms with E-state index in [4.69, 9.17) is 0 Å². The highest BCUT2D eigenvalue weighted by Gasteiger charge is 2.25. The van der Waals surface area contributed by atoms with Gasteiger partial charge in [0.25, 0.3) is 11.8 Å². The van der Waals surface area contributed by atoms with Crippen molar-refractivity contribution >= 4 is 17.6 Å². The standard InChI is InChI=1S/C20H25N5O2/c1-3-10-24-11-13-25(14-12-24)20(27)17-18(22-9-8-21-17)23-19(26)16-6-4-15(2)5-7-16/h4-9H,3,10-14H2,1-2H3,(H,22,23,26). The van der Waals surface area contributed by atoms with Crippen molar-refractivity contribution in [3.8, 4) is 0 Å². The Morgan fingerprint density at radius 3 is 2.37 bits per heavy atom. The van der Waals surface area contributed by atoms with Crippen LogP contribution in [0.15, 0.2) is 36.7 Å². The van der Waals surface area contributed by atoms with Gasteiger partial charge in [-0.1, -0.05) is 24.6 Å². The van der Waals surface area contributed by atoms with Crippen LogP contribution in [0.2, 0.25) is 0 Å². The smallest absolute Gasteiger partial charge is 0.276 e. The van der Waals surface area contributed by atoms with Crippen molar-refractivity contribution in [1.29, 1.82) is 0 Å². The second-order valence-corrected chi connectivity index (χ2v) is 6.71. The lowest BCUT2D eigenvalue weighted by Gasteiger charge is -2.34. The number of aryl methyl sites for hydroxylation is 1. The molecule has 1 N–H and O–H groups in total. The van der Waals surface area contributed by atoms with E-state index in [2.05, 4.69) is 27.1 Å². The minimum Gasteiger partial charge on any atom is -0.335 e. The van der Waals surface area contributed by atoms with E-state index in [9.17, 15) is 9.59 Å². The Morgan fingerprint density at radius 2 is 1.70 bits per heavy atom. The first-order valence-corrected chi connectivity index (χ1v) is 9.29. The molecule has 2 heterocycles. The van der Waals surface area contributed by atoms with Gasteiger partial charge in [0.05, 0.1) is 0 Å². The molecule has 7 nitrogen and oxygen atoms in total. The number of benzene rings is 1. The summed E-state index contributed by atoms with van der Waals surface area (Å²) in [6.45, 7) is 8.17. The molecule has 0 saturated carbocycles. The summed E-state index contributed by atoms with van der Waals surface area (Å²) in [5, 5.41) is 2.72. The summed E-state index contributed by atoms with van der Waals surface area (Å²) in [6.07, 6.45) is 4.05. The van der Waals surface area contributed by atoms with Gasteiger partial charge in [-0.15, -0.1) is 0 Å². The van der Waals surface area contributed by atoms with Gasteiger partial charge in [-0.3, -0.25) is 14.5 Å². The SMILES string of the molecule is CCCN1CCN(C(=O)c2nccnc2NC(=O)c2ccc(C)cc2)CC1. The number of carbonyl (C=O) groups excluding carboxylic acids is 2. The molecule has 0 atom stereocenters. The highest BCUT2D eigenvalue weighted by atomic mass is 16.2. The summed E-state index contributed by atoms with van der Waals surface area (Å²) in [4.78, 5) is 37.9. The van der Waals surface area contributed by atoms with Crippen LogP contribution in [0, 0.1) is 6.92 Å². The lowest BCUT2D eigenvalue weighted by atomic mass is 10.1.